The van der Waals surface area contributed by atoms with Gasteiger partial charge in [0.1, 0.15) is 0 Å². The van der Waals surface area contributed by atoms with Crippen molar-refractivity contribution in [3.63, 3.8) is 0 Å². The van der Waals surface area contributed by atoms with Crippen LogP contribution < -0.4 is 0 Å². The van der Waals surface area contributed by atoms with E-state index in [-0.39, 0.29) is 0 Å². The second-order valence-electron chi connectivity index (χ2n) is 3.09. The van der Waals surface area contributed by atoms with E-state index in [2.05, 4.69) is 10.2 Å². The van der Waals surface area contributed by atoms with Crippen LogP contribution >= 0.6 is 12.2 Å². The van der Waals surface area contributed by atoms with E-state index >= 15 is 0 Å². The molecule has 1 aromatic carbocycles. The van der Waals surface area contributed by atoms with Gasteiger partial charge in [-0.2, -0.15) is 5.10 Å². The molecule has 0 aliphatic heterocycles. The lowest BCUT2D eigenvalue weighted by atomic mass is 10.1. The minimum atomic E-state index is 0.915. The van der Waals surface area contributed by atoms with Gasteiger partial charge in [0.2, 0.25) is 0 Å². The van der Waals surface area contributed by atoms with Crippen LogP contribution in [0.1, 0.15) is 12.5 Å². The van der Waals surface area contributed by atoms with Gasteiger partial charge in [-0.3, -0.25) is 5.10 Å². The van der Waals surface area contributed by atoms with Crippen molar-refractivity contribution < 1.29 is 0 Å². The van der Waals surface area contributed by atoms with E-state index in [0.717, 1.165) is 21.7 Å². The quantitative estimate of drug-likeness (QED) is 0.599. The van der Waals surface area contributed by atoms with Crippen LogP contribution in [0.15, 0.2) is 36.5 Å². The number of thiocarbonyl (C=S) groups is 1. The molecule has 0 spiro atoms. The first-order valence-corrected chi connectivity index (χ1v) is 4.79. The molecule has 0 amide bonds. The Kier molecular flexibility index (Phi) is 2.41. The van der Waals surface area contributed by atoms with Crippen molar-refractivity contribution in [1.29, 1.82) is 0 Å². The molecule has 2 rings (SSSR count). The normalized spacial score (nSPS) is 10.1. The van der Waals surface area contributed by atoms with Gasteiger partial charge in [-0.25, -0.2) is 0 Å². The number of nitrogens with one attached hydrogen (secondary N) is 1. The molecule has 0 saturated carbocycles. The molecule has 0 fully saturated rings. The number of aromatic amines is 1. The van der Waals surface area contributed by atoms with Crippen molar-refractivity contribution >= 4 is 17.1 Å². The van der Waals surface area contributed by atoms with Crippen LogP contribution in [0, 0.1) is 0 Å². The molecular formula is C11H10N2S. The Hall–Kier alpha value is -1.48. The number of nitrogens with zero attached hydrogens (tertiary/aromatic N) is 1. The predicted molar refractivity (Wildman–Crippen MR) is 61.4 cm³/mol. The Morgan fingerprint density at radius 1 is 1.21 bits per heavy atom. The third-order valence-corrected chi connectivity index (χ3v) is 2.32. The third-order valence-electron chi connectivity index (χ3n) is 2.09. The van der Waals surface area contributed by atoms with Gasteiger partial charge in [-0.05, 0) is 18.6 Å². The van der Waals surface area contributed by atoms with Gasteiger partial charge in [0.05, 0.1) is 5.69 Å². The average molecular weight is 202 g/mol. The molecule has 70 valence electrons. The van der Waals surface area contributed by atoms with E-state index in [1.807, 2.05) is 43.5 Å². The third kappa shape index (κ3) is 1.72. The number of hydrogen-bond acceptors (Lipinski definition) is 2. The zero-order valence-electron chi connectivity index (χ0n) is 7.82. The maximum atomic E-state index is 5.08. The Bertz CT molecular complexity index is 429. The van der Waals surface area contributed by atoms with E-state index in [1.165, 1.54) is 0 Å². The van der Waals surface area contributed by atoms with E-state index < -0.39 is 0 Å². The van der Waals surface area contributed by atoms with E-state index in [1.54, 1.807) is 0 Å². The molecule has 3 heteroatoms. The smallest absolute Gasteiger partial charge is 0.0920 e. The van der Waals surface area contributed by atoms with Crippen molar-refractivity contribution in [2.24, 2.45) is 0 Å². The van der Waals surface area contributed by atoms with E-state index in [0.29, 0.717) is 0 Å². The highest BCUT2D eigenvalue weighted by atomic mass is 32.1. The van der Waals surface area contributed by atoms with E-state index in [9.17, 15) is 0 Å². The Morgan fingerprint density at radius 2 is 1.93 bits per heavy atom. The molecule has 1 aromatic heterocycles. The van der Waals surface area contributed by atoms with Gasteiger partial charge in [-0.1, -0.05) is 36.5 Å². The number of aromatic nitrogens is 2. The first kappa shape index (κ1) is 9.09. The van der Waals surface area contributed by atoms with Gasteiger partial charge in [0, 0.05) is 16.6 Å². The minimum Gasteiger partial charge on any atom is -0.285 e. The van der Waals surface area contributed by atoms with Crippen LogP contribution in [-0.4, -0.2) is 15.1 Å². The summed E-state index contributed by atoms with van der Waals surface area (Å²) in [5.74, 6) is 0. The molecule has 0 unspecified atom stereocenters. The molecule has 0 atom stereocenters. The van der Waals surface area contributed by atoms with Gasteiger partial charge >= 0.3 is 0 Å². The van der Waals surface area contributed by atoms with Crippen molar-refractivity contribution in [3.05, 3.63) is 42.1 Å². The minimum absolute atomic E-state index is 0.915. The maximum Gasteiger partial charge on any atom is 0.0920 e. The Labute approximate surface area is 88.0 Å². The summed E-state index contributed by atoms with van der Waals surface area (Å²) in [4.78, 5) is 0.915. The Balaban J connectivity index is 2.36. The first-order chi connectivity index (χ1) is 6.77. The summed E-state index contributed by atoms with van der Waals surface area (Å²) in [6.45, 7) is 1.93. The highest BCUT2D eigenvalue weighted by Gasteiger charge is 1.99. The molecule has 0 aliphatic carbocycles. The summed E-state index contributed by atoms with van der Waals surface area (Å²) in [5, 5.41) is 6.89. The highest BCUT2D eigenvalue weighted by Crippen LogP contribution is 2.16. The molecule has 2 aromatic rings. The van der Waals surface area contributed by atoms with Crippen molar-refractivity contribution in [3.8, 4) is 11.3 Å². The largest absolute Gasteiger partial charge is 0.285 e. The fraction of sp³-hybridized carbons (Fsp3) is 0.0909. The summed E-state index contributed by atoms with van der Waals surface area (Å²) in [5.41, 5.74) is 3.16. The van der Waals surface area contributed by atoms with E-state index in [4.69, 9.17) is 12.2 Å². The predicted octanol–water partition coefficient (Wildman–Crippen LogP) is 2.81. The highest BCUT2D eigenvalue weighted by molar-refractivity contribution is 7.80. The summed E-state index contributed by atoms with van der Waals surface area (Å²) in [7, 11) is 0. The van der Waals surface area contributed by atoms with Crippen LogP contribution in [0.5, 0.6) is 0 Å². The molecule has 2 nitrogen and oxygen atoms in total. The molecule has 1 heterocycles. The zero-order chi connectivity index (χ0) is 9.97. The number of H-pyrrole nitrogens is 1. The van der Waals surface area contributed by atoms with Crippen LogP contribution in [0.4, 0.5) is 0 Å². The van der Waals surface area contributed by atoms with Crippen LogP contribution in [0.3, 0.4) is 0 Å². The van der Waals surface area contributed by atoms with Crippen molar-refractivity contribution in [1.82, 2.24) is 10.2 Å². The molecule has 0 radical (unpaired) electrons. The molecular weight excluding hydrogens is 192 g/mol. The molecule has 0 saturated heterocycles. The lowest BCUT2D eigenvalue weighted by molar-refractivity contribution is 1.10. The zero-order valence-corrected chi connectivity index (χ0v) is 8.64. The van der Waals surface area contributed by atoms with Crippen molar-refractivity contribution in [2.45, 2.75) is 6.92 Å². The average Bonchev–Trinajstić information content (AvgIpc) is 2.71. The van der Waals surface area contributed by atoms with Crippen LogP contribution in [-0.2, 0) is 0 Å². The van der Waals surface area contributed by atoms with Gasteiger partial charge in [0.25, 0.3) is 0 Å². The first-order valence-electron chi connectivity index (χ1n) is 4.38. The fourth-order valence-electron chi connectivity index (χ4n) is 1.30. The number of hydrogen-bond donors (Lipinski definition) is 1. The molecule has 14 heavy (non-hydrogen) atoms. The molecule has 0 bridgehead atoms. The van der Waals surface area contributed by atoms with Crippen molar-refractivity contribution in [2.75, 3.05) is 0 Å². The van der Waals surface area contributed by atoms with Crippen LogP contribution in [0.2, 0.25) is 0 Å². The number of rotatable bonds is 2. The summed E-state index contributed by atoms with van der Waals surface area (Å²) < 4.78 is 0. The van der Waals surface area contributed by atoms with Gasteiger partial charge in [0.15, 0.2) is 0 Å². The summed E-state index contributed by atoms with van der Waals surface area (Å²) >= 11 is 5.08. The summed E-state index contributed by atoms with van der Waals surface area (Å²) in [6, 6.07) is 10.0. The molecule has 1 N–H and O–H groups in total. The monoisotopic (exact) mass is 202 g/mol. The standard InChI is InChI=1S/C11H10N2S/c1-8(14)9-2-4-10(5-3-9)11-6-7-12-13-11/h2-7H,1H3,(H,12,13). The summed E-state index contributed by atoms with van der Waals surface area (Å²) in [6.07, 6.45) is 1.81. The topological polar surface area (TPSA) is 28.7 Å². The second-order valence-corrected chi connectivity index (χ2v) is 3.71. The van der Waals surface area contributed by atoms with Gasteiger partial charge < -0.3 is 0 Å². The SMILES string of the molecule is CC(=S)c1ccc(-c2cc[nH]n2)cc1. The fourth-order valence-corrected chi connectivity index (χ4v) is 1.43. The van der Waals surface area contributed by atoms with Crippen LogP contribution in [0.25, 0.3) is 11.3 Å². The maximum absolute atomic E-state index is 5.08. The number of benzene rings is 1. The lowest BCUT2D eigenvalue weighted by Crippen LogP contribution is -1.89. The lowest BCUT2D eigenvalue weighted by Gasteiger charge is -1.99. The van der Waals surface area contributed by atoms with Gasteiger partial charge in [-0.15, -0.1) is 0 Å². The molecule has 0 aliphatic rings. The second kappa shape index (κ2) is 3.72. The Morgan fingerprint density at radius 3 is 2.43 bits per heavy atom.